The summed E-state index contributed by atoms with van der Waals surface area (Å²) in [6.07, 6.45) is 1.68. The number of nitrogens with zero attached hydrogens (tertiary/aromatic N) is 2. The lowest BCUT2D eigenvalue weighted by Gasteiger charge is -2.46. The van der Waals surface area contributed by atoms with E-state index >= 15 is 0 Å². The minimum absolute atomic E-state index is 0.117. The first-order chi connectivity index (χ1) is 11.5. The highest BCUT2D eigenvalue weighted by Gasteiger charge is 2.49. The van der Waals surface area contributed by atoms with E-state index in [1.54, 1.807) is 4.90 Å². The largest absolute Gasteiger partial charge is 0.384 e. The summed E-state index contributed by atoms with van der Waals surface area (Å²) in [7, 11) is 0. The van der Waals surface area contributed by atoms with Crippen molar-refractivity contribution in [1.82, 2.24) is 9.80 Å². The molecule has 1 N–H and O–H groups in total. The van der Waals surface area contributed by atoms with Crippen molar-refractivity contribution in [2.45, 2.75) is 37.7 Å². The Labute approximate surface area is 147 Å². The van der Waals surface area contributed by atoms with E-state index in [-0.39, 0.29) is 11.8 Å². The topological polar surface area (TPSA) is 60.9 Å². The molecule has 2 fully saturated rings. The van der Waals surface area contributed by atoms with Crippen LogP contribution in [0.25, 0.3) is 0 Å². The Kier molecular flexibility index (Phi) is 4.83. The maximum Gasteiger partial charge on any atom is 0.251 e. The van der Waals surface area contributed by atoms with E-state index in [1.165, 1.54) is 6.92 Å². The highest BCUT2D eigenvalue weighted by atomic mass is 35.5. The van der Waals surface area contributed by atoms with Crippen LogP contribution in [0.5, 0.6) is 0 Å². The quantitative estimate of drug-likeness (QED) is 0.904. The number of benzene rings is 1. The fourth-order valence-corrected chi connectivity index (χ4v) is 3.99. The second-order valence-electron chi connectivity index (χ2n) is 6.71. The number of rotatable bonds is 3. The molecule has 1 heterocycles. The van der Waals surface area contributed by atoms with Crippen molar-refractivity contribution in [3.05, 3.63) is 34.9 Å². The van der Waals surface area contributed by atoms with Gasteiger partial charge in [-0.2, -0.15) is 0 Å². The van der Waals surface area contributed by atoms with Gasteiger partial charge in [-0.3, -0.25) is 9.59 Å². The molecule has 1 aliphatic heterocycles. The first-order valence-corrected chi connectivity index (χ1v) is 8.85. The normalized spacial score (nSPS) is 21.1. The third-order valence-corrected chi connectivity index (χ3v) is 5.57. The van der Waals surface area contributed by atoms with E-state index in [0.717, 1.165) is 24.8 Å². The van der Waals surface area contributed by atoms with Gasteiger partial charge in [0.2, 0.25) is 5.91 Å². The molecule has 5 nitrogen and oxygen atoms in total. The average molecular weight is 351 g/mol. The Bertz CT molecular complexity index is 635. The standard InChI is InChI=1S/C18H23ClN2O3/c1-13(22)16(23)20-9-11-21(12-10-20)17(24)18(7-4-8-18)14-5-2-3-6-15(14)19/h2-3,5-6,13,22H,4,7-12H2,1H3. The van der Waals surface area contributed by atoms with Gasteiger partial charge in [0.05, 0.1) is 5.41 Å². The molecular weight excluding hydrogens is 328 g/mol. The summed E-state index contributed by atoms with van der Waals surface area (Å²) in [6.45, 7) is 3.41. The number of piperazine rings is 1. The minimum Gasteiger partial charge on any atom is -0.384 e. The molecule has 0 bridgehead atoms. The molecule has 2 aliphatic rings. The monoisotopic (exact) mass is 350 g/mol. The van der Waals surface area contributed by atoms with E-state index in [0.29, 0.717) is 31.2 Å². The van der Waals surface area contributed by atoms with E-state index in [9.17, 15) is 14.7 Å². The molecule has 1 aromatic carbocycles. The molecule has 1 aromatic rings. The molecule has 0 spiro atoms. The van der Waals surface area contributed by atoms with E-state index in [2.05, 4.69) is 0 Å². The van der Waals surface area contributed by atoms with Crippen LogP contribution in [0.4, 0.5) is 0 Å². The van der Waals surface area contributed by atoms with Crippen LogP contribution in [-0.2, 0) is 15.0 Å². The predicted molar refractivity (Wildman–Crippen MR) is 91.8 cm³/mol. The summed E-state index contributed by atoms with van der Waals surface area (Å²) in [5.74, 6) is -0.155. The van der Waals surface area contributed by atoms with Crippen LogP contribution < -0.4 is 0 Å². The van der Waals surface area contributed by atoms with Crippen molar-refractivity contribution < 1.29 is 14.7 Å². The molecule has 3 rings (SSSR count). The summed E-state index contributed by atoms with van der Waals surface area (Å²) in [4.78, 5) is 28.5. The number of amides is 2. The van der Waals surface area contributed by atoms with Gasteiger partial charge in [-0.1, -0.05) is 36.2 Å². The van der Waals surface area contributed by atoms with Crippen LogP contribution >= 0.6 is 11.6 Å². The van der Waals surface area contributed by atoms with Gasteiger partial charge in [-0.05, 0) is 31.4 Å². The van der Waals surface area contributed by atoms with Gasteiger partial charge in [0, 0.05) is 31.2 Å². The number of hydrogen-bond donors (Lipinski definition) is 1. The third-order valence-electron chi connectivity index (χ3n) is 5.24. The highest BCUT2D eigenvalue weighted by Crippen LogP contribution is 2.47. The maximum atomic E-state index is 13.2. The molecule has 6 heteroatoms. The summed E-state index contributed by atoms with van der Waals surface area (Å²) >= 11 is 6.35. The lowest BCUT2D eigenvalue weighted by Crippen LogP contribution is -2.58. The maximum absolute atomic E-state index is 13.2. The van der Waals surface area contributed by atoms with Crippen LogP contribution in [0.15, 0.2) is 24.3 Å². The minimum atomic E-state index is -0.992. The fraction of sp³-hybridized carbons (Fsp3) is 0.556. The van der Waals surface area contributed by atoms with Gasteiger partial charge in [-0.25, -0.2) is 0 Å². The zero-order valence-electron chi connectivity index (χ0n) is 13.9. The molecule has 24 heavy (non-hydrogen) atoms. The first-order valence-electron chi connectivity index (χ1n) is 8.47. The molecular formula is C18H23ClN2O3. The summed E-state index contributed by atoms with van der Waals surface area (Å²) in [6, 6.07) is 7.59. The Morgan fingerprint density at radius 1 is 1.12 bits per heavy atom. The van der Waals surface area contributed by atoms with Gasteiger partial charge < -0.3 is 14.9 Å². The lowest BCUT2D eigenvalue weighted by atomic mass is 9.63. The van der Waals surface area contributed by atoms with Crippen molar-refractivity contribution in [3.8, 4) is 0 Å². The summed E-state index contributed by atoms with van der Waals surface area (Å²) < 4.78 is 0. The van der Waals surface area contributed by atoms with E-state index in [4.69, 9.17) is 11.6 Å². The number of carbonyl (C=O) groups is 2. The Morgan fingerprint density at radius 2 is 1.71 bits per heavy atom. The molecule has 1 saturated heterocycles. The number of hydrogen-bond acceptors (Lipinski definition) is 3. The summed E-state index contributed by atoms with van der Waals surface area (Å²) in [5.41, 5.74) is 0.417. The molecule has 1 unspecified atom stereocenters. The lowest BCUT2D eigenvalue weighted by molar-refractivity contribution is -0.148. The van der Waals surface area contributed by atoms with Crippen LogP contribution in [0, 0.1) is 0 Å². The third kappa shape index (κ3) is 2.91. The Morgan fingerprint density at radius 3 is 2.21 bits per heavy atom. The van der Waals surface area contributed by atoms with E-state index in [1.807, 2.05) is 29.2 Å². The van der Waals surface area contributed by atoms with Gasteiger partial charge in [0.15, 0.2) is 0 Å². The van der Waals surface area contributed by atoms with Crippen molar-refractivity contribution in [3.63, 3.8) is 0 Å². The molecule has 2 amide bonds. The van der Waals surface area contributed by atoms with Gasteiger partial charge in [0.1, 0.15) is 6.10 Å². The number of aliphatic hydroxyl groups excluding tert-OH is 1. The van der Waals surface area contributed by atoms with Gasteiger partial charge in [-0.15, -0.1) is 0 Å². The molecule has 1 aliphatic carbocycles. The fourth-order valence-electron chi connectivity index (χ4n) is 3.67. The van der Waals surface area contributed by atoms with E-state index < -0.39 is 11.5 Å². The SMILES string of the molecule is CC(O)C(=O)N1CCN(C(=O)C2(c3ccccc3Cl)CCC2)CC1. The number of aliphatic hydroxyl groups is 1. The zero-order chi connectivity index (χ0) is 17.3. The van der Waals surface area contributed by atoms with Crippen molar-refractivity contribution in [2.75, 3.05) is 26.2 Å². The van der Waals surface area contributed by atoms with Gasteiger partial charge in [0.25, 0.3) is 5.91 Å². The molecule has 1 saturated carbocycles. The molecule has 1 atom stereocenters. The van der Waals surface area contributed by atoms with Crippen LogP contribution in [0.2, 0.25) is 5.02 Å². The first kappa shape index (κ1) is 17.2. The zero-order valence-corrected chi connectivity index (χ0v) is 14.6. The van der Waals surface area contributed by atoms with Crippen LogP contribution in [0.3, 0.4) is 0 Å². The molecule has 130 valence electrons. The predicted octanol–water partition coefficient (Wildman–Crippen LogP) is 1.81. The number of carbonyl (C=O) groups excluding carboxylic acids is 2. The van der Waals surface area contributed by atoms with Crippen LogP contribution in [-0.4, -0.2) is 59.0 Å². The molecule has 0 radical (unpaired) electrons. The average Bonchev–Trinajstić information content (AvgIpc) is 2.55. The van der Waals surface area contributed by atoms with Crippen molar-refractivity contribution in [2.24, 2.45) is 0 Å². The summed E-state index contributed by atoms with van der Waals surface area (Å²) in [5, 5.41) is 10.1. The van der Waals surface area contributed by atoms with Crippen molar-refractivity contribution in [1.29, 1.82) is 0 Å². The molecule has 0 aromatic heterocycles. The van der Waals surface area contributed by atoms with Gasteiger partial charge >= 0.3 is 0 Å². The van der Waals surface area contributed by atoms with Crippen LogP contribution in [0.1, 0.15) is 31.7 Å². The Hall–Kier alpha value is -1.59. The van der Waals surface area contributed by atoms with Crippen molar-refractivity contribution >= 4 is 23.4 Å². The second-order valence-corrected chi connectivity index (χ2v) is 7.12. The number of halogens is 1. The smallest absolute Gasteiger partial charge is 0.251 e. The Balaban J connectivity index is 1.73. The second kappa shape index (κ2) is 6.73. The highest BCUT2D eigenvalue weighted by molar-refractivity contribution is 6.31.